The van der Waals surface area contributed by atoms with Crippen LogP contribution in [-0.2, 0) is 10.0 Å². The summed E-state index contributed by atoms with van der Waals surface area (Å²) in [6.45, 7) is 3.15. The summed E-state index contributed by atoms with van der Waals surface area (Å²) in [5.74, 6) is -0.0951. The molecule has 1 unspecified atom stereocenters. The lowest BCUT2D eigenvalue weighted by Gasteiger charge is -2.32. The molecule has 1 atom stereocenters. The van der Waals surface area contributed by atoms with E-state index in [2.05, 4.69) is 10.0 Å². The van der Waals surface area contributed by atoms with Crippen LogP contribution >= 0.6 is 12.4 Å². The monoisotopic (exact) mass is 415 g/mol. The summed E-state index contributed by atoms with van der Waals surface area (Å²) in [6, 6.07) is 5.31. The van der Waals surface area contributed by atoms with Crippen molar-refractivity contribution in [3.63, 3.8) is 0 Å². The first-order valence-corrected chi connectivity index (χ1v) is 11.0. The van der Waals surface area contributed by atoms with Crippen LogP contribution in [0.5, 0.6) is 0 Å². The highest BCUT2D eigenvalue weighted by Gasteiger charge is 2.27. The number of amides is 1. The number of carbonyl (C=O) groups excluding carboxylic acids is 1. The summed E-state index contributed by atoms with van der Waals surface area (Å²) in [5.41, 5.74) is 1.11. The highest BCUT2D eigenvalue weighted by Crippen LogP contribution is 2.23. The van der Waals surface area contributed by atoms with Crippen molar-refractivity contribution in [2.24, 2.45) is 0 Å². The van der Waals surface area contributed by atoms with Crippen LogP contribution in [0, 0.1) is 6.92 Å². The SMILES string of the molecule is CNC1CCCN(C(=O)c2ccc(C)c(S(=O)(=O)NC3CCCC3)c2)C1.Cl. The van der Waals surface area contributed by atoms with Gasteiger partial charge in [-0.15, -0.1) is 12.4 Å². The average molecular weight is 416 g/mol. The van der Waals surface area contributed by atoms with Crippen LogP contribution in [0.3, 0.4) is 0 Å². The quantitative estimate of drug-likeness (QED) is 0.774. The molecule has 1 amide bonds. The molecule has 152 valence electrons. The predicted molar refractivity (Wildman–Crippen MR) is 109 cm³/mol. The molecule has 1 aliphatic heterocycles. The molecule has 1 aromatic carbocycles. The second kappa shape index (κ2) is 9.37. The van der Waals surface area contributed by atoms with Gasteiger partial charge in [-0.1, -0.05) is 18.9 Å². The molecule has 1 saturated carbocycles. The van der Waals surface area contributed by atoms with Crippen LogP contribution in [0.4, 0.5) is 0 Å². The van der Waals surface area contributed by atoms with Crippen molar-refractivity contribution in [1.82, 2.24) is 14.9 Å². The minimum absolute atomic E-state index is 0. The Kier molecular flexibility index (Phi) is 7.68. The maximum absolute atomic E-state index is 12.9. The third-order valence-electron chi connectivity index (χ3n) is 5.52. The summed E-state index contributed by atoms with van der Waals surface area (Å²) >= 11 is 0. The maximum Gasteiger partial charge on any atom is 0.253 e. The third kappa shape index (κ3) is 5.22. The number of hydrogen-bond donors (Lipinski definition) is 2. The zero-order valence-corrected chi connectivity index (χ0v) is 17.7. The molecule has 2 fully saturated rings. The van der Waals surface area contributed by atoms with Gasteiger partial charge < -0.3 is 10.2 Å². The van der Waals surface area contributed by atoms with Crippen LogP contribution in [0.15, 0.2) is 23.1 Å². The second-order valence-corrected chi connectivity index (χ2v) is 9.14. The number of likely N-dealkylation sites (tertiary alicyclic amines) is 1. The van der Waals surface area contributed by atoms with Gasteiger partial charge in [-0.3, -0.25) is 4.79 Å². The highest BCUT2D eigenvalue weighted by atomic mass is 35.5. The fourth-order valence-electron chi connectivity index (χ4n) is 3.93. The molecule has 0 spiro atoms. The summed E-state index contributed by atoms with van der Waals surface area (Å²) in [6.07, 6.45) is 5.90. The Hall–Kier alpha value is -1.15. The van der Waals surface area contributed by atoms with E-state index in [1.54, 1.807) is 19.1 Å². The van der Waals surface area contributed by atoms with E-state index in [0.29, 0.717) is 30.3 Å². The van der Waals surface area contributed by atoms with Crippen molar-refractivity contribution in [2.75, 3.05) is 20.1 Å². The van der Waals surface area contributed by atoms with Crippen molar-refractivity contribution >= 4 is 28.3 Å². The Labute approximate surface area is 168 Å². The molecular formula is C19H30ClN3O3S. The molecule has 3 rings (SSSR count). The van der Waals surface area contributed by atoms with Gasteiger partial charge in [0, 0.05) is 30.7 Å². The smallest absolute Gasteiger partial charge is 0.253 e. The zero-order chi connectivity index (χ0) is 18.7. The predicted octanol–water partition coefficient (Wildman–Crippen LogP) is 2.46. The first kappa shape index (κ1) is 22.1. The van der Waals surface area contributed by atoms with Gasteiger partial charge >= 0.3 is 0 Å². The Morgan fingerprint density at radius 1 is 1.11 bits per heavy atom. The molecule has 1 aromatic rings. The number of hydrogen-bond acceptors (Lipinski definition) is 4. The third-order valence-corrected chi connectivity index (χ3v) is 7.18. The molecule has 27 heavy (non-hydrogen) atoms. The normalized spacial score (nSPS) is 21.1. The highest BCUT2D eigenvalue weighted by molar-refractivity contribution is 7.89. The number of piperidine rings is 1. The van der Waals surface area contributed by atoms with Crippen molar-refractivity contribution in [1.29, 1.82) is 0 Å². The summed E-state index contributed by atoms with van der Waals surface area (Å²) in [5, 5.41) is 3.23. The molecule has 0 aromatic heterocycles. The standard InChI is InChI=1S/C19H29N3O3S.ClH/c1-14-9-10-15(19(23)22-11-5-8-17(13-22)20-2)12-18(14)26(24,25)21-16-6-3-4-7-16;/h9-10,12,16-17,20-21H,3-8,11,13H2,1-2H3;1H. The first-order valence-electron chi connectivity index (χ1n) is 9.50. The van der Waals surface area contributed by atoms with Gasteiger partial charge in [0.15, 0.2) is 0 Å². The lowest BCUT2D eigenvalue weighted by molar-refractivity contribution is 0.0698. The van der Waals surface area contributed by atoms with E-state index in [1.165, 1.54) is 6.07 Å². The van der Waals surface area contributed by atoms with Crippen LogP contribution < -0.4 is 10.0 Å². The topological polar surface area (TPSA) is 78.5 Å². The molecule has 8 heteroatoms. The van der Waals surface area contributed by atoms with Crippen molar-refractivity contribution in [3.8, 4) is 0 Å². The van der Waals surface area contributed by atoms with E-state index in [1.807, 2.05) is 11.9 Å². The van der Waals surface area contributed by atoms with Gasteiger partial charge in [0.2, 0.25) is 10.0 Å². The lowest BCUT2D eigenvalue weighted by Crippen LogP contribution is -2.47. The number of sulfonamides is 1. The van der Waals surface area contributed by atoms with Gasteiger partial charge in [-0.2, -0.15) is 0 Å². The number of nitrogens with one attached hydrogen (secondary N) is 2. The van der Waals surface area contributed by atoms with E-state index < -0.39 is 10.0 Å². The number of benzene rings is 1. The molecule has 1 heterocycles. The number of likely N-dealkylation sites (N-methyl/N-ethyl adjacent to an activating group) is 1. The van der Waals surface area contributed by atoms with E-state index >= 15 is 0 Å². The fraction of sp³-hybridized carbons (Fsp3) is 0.632. The molecule has 2 N–H and O–H groups in total. The number of rotatable bonds is 5. The van der Waals surface area contributed by atoms with Crippen molar-refractivity contribution < 1.29 is 13.2 Å². The number of halogens is 1. The Bertz CT molecular complexity index is 763. The number of aryl methyl sites for hydroxylation is 1. The first-order chi connectivity index (χ1) is 12.4. The van der Waals surface area contributed by atoms with E-state index in [9.17, 15) is 13.2 Å². The average Bonchev–Trinajstić information content (AvgIpc) is 3.13. The maximum atomic E-state index is 12.9. The van der Waals surface area contributed by atoms with Crippen LogP contribution in [-0.4, -0.2) is 51.4 Å². The van der Waals surface area contributed by atoms with Crippen molar-refractivity contribution in [2.45, 2.75) is 62.4 Å². The Morgan fingerprint density at radius 2 is 1.78 bits per heavy atom. The number of nitrogens with zero attached hydrogens (tertiary/aromatic N) is 1. The van der Waals surface area contributed by atoms with Crippen LogP contribution in [0.1, 0.15) is 54.4 Å². The minimum Gasteiger partial charge on any atom is -0.337 e. The van der Waals surface area contributed by atoms with Gasteiger partial charge in [0.25, 0.3) is 5.91 Å². The molecule has 1 aliphatic carbocycles. The van der Waals surface area contributed by atoms with E-state index in [-0.39, 0.29) is 29.3 Å². The molecule has 2 aliphatic rings. The second-order valence-electron chi connectivity index (χ2n) is 7.46. The van der Waals surface area contributed by atoms with E-state index in [4.69, 9.17) is 0 Å². The molecule has 0 bridgehead atoms. The molecule has 1 saturated heterocycles. The van der Waals surface area contributed by atoms with E-state index in [0.717, 1.165) is 38.5 Å². The fourth-order valence-corrected chi connectivity index (χ4v) is 5.50. The Balaban J connectivity index is 0.00000261. The lowest BCUT2D eigenvalue weighted by atomic mass is 10.0. The summed E-state index contributed by atoms with van der Waals surface area (Å²) in [4.78, 5) is 14.9. The van der Waals surface area contributed by atoms with Crippen LogP contribution in [0.25, 0.3) is 0 Å². The van der Waals surface area contributed by atoms with Gasteiger partial charge in [0.1, 0.15) is 0 Å². The number of carbonyl (C=O) groups is 1. The largest absolute Gasteiger partial charge is 0.337 e. The van der Waals surface area contributed by atoms with Gasteiger partial charge in [-0.05, 0) is 57.4 Å². The Morgan fingerprint density at radius 3 is 2.44 bits per heavy atom. The van der Waals surface area contributed by atoms with Gasteiger partial charge in [-0.25, -0.2) is 13.1 Å². The minimum atomic E-state index is -3.61. The van der Waals surface area contributed by atoms with Crippen molar-refractivity contribution in [3.05, 3.63) is 29.3 Å². The van der Waals surface area contributed by atoms with Crippen LogP contribution in [0.2, 0.25) is 0 Å². The van der Waals surface area contributed by atoms with Gasteiger partial charge in [0.05, 0.1) is 4.90 Å². The molecule has 6 nitrogen and oxygen atoms in total. The molecule has 0 radical (unpaired) electrons. The molecular weight excluding hydrogens is 386 g/mol. The zero-order valence-electron chi connectivity index (χ0n) is 16.0. The summed E-state index contributed by atoms with van der Waals surface area (Å²) in [7, 11) is -1.70. The summed E-state index contributed by atoms with van der Waals surface area (Å²) < 4.78 is 28.4.